The van der Waals surface area contributed by atoms with Gasteiger partial charge in [0, 0.05) is 7.11 Å². The van der Waals surface area contributed by atoms with Crippen LogP contribution in [0.5, 0.6) is 0 Å². The molecule has 1 heterocycles. The first-order chi connectivity index (χ1) is 7.28. The molecule has 0 spiro atoms. The van der Waals surface area contributed by atoms with Gasteiger partial charge in [0.25, 0.3) is 0 Å². The van der Waals surface area contributed by atoms with E-state index in [0.29, 0.717) is 12.5 Å². The van der Waals surface area contributed by atoms with Crippen molar-refractivity contribution in [3.8, 4) is 0 Å². The van der Waals surface area contributed by atoms with Crippen molar-refractivity contribution in [1.29, 1.82) is 0 Å². The third-order valence-corrected chi connectivity index (χ3v) is 3.15. The van der Waals surface area contributed by atoms with Crippen molar-refractivity contribution in [3.63, 3.8) is 0 Å². The van der Waals surface area contributed by atoms with Crippen molar-refractivity contribution >= 4 is 5.91 Å². The first-order valence-electron chi connectivity index (χ1n) is 5.90. The Hall–Kier alpha value is -0.610. The first kappa shape index (κ1) is 13.5. The van der Waals surface area contributed by atoms with Gasteiger partial charge in [-0.2, -0.15) is 0 Å². The highest BCUT2D eigenvalue weighted by molar-refractivity contribution is 5.84. The van der Waals surface area contributed by atoms with Gasteiger partial charge in [-0.15, -0.1) is 0 Å². The minimum absolute atomic E-state index is 0.0833. The lowest BCUT2D eigenvalue weighted by Crippen LogP contribution is -2.48. The smallest absolute Gasteiger partial charge is 0.240 e. The summed E-state index contributed by atoms with van der Waals surface area (Å²) in [6.07, 6.45) is 0.122. The zero-order valence-electron chi connectivity index (χ0n) is 11.2. The number of nitrogens with one attached hydrogen (secondary N) is 1. The molecule has 4 nitrogen and oxygen atoms in total. The summed E-state index contributed by atoms with van der Waals surface area (Å²) in [5.41, 5.74) is -0.297. The summed E-state index contributed by atoms with van der Waals surface area (Å²) in [4.78, 5) is 13.9. The van der Waals surface area contributed by atoms with Gasteiger partial charge in [0.2, 0.25) is 5.91 Å². The molecular formula is C12H24N2O2. The molecular weight excluding hydrogens is 204 g/mol. The highest BCUT2D eigenvalue weighted by Crippen LogP contribution is 2.21. The molecule has 1 saturated heterocycles. The highest BCUT2D eigenvalue weighted by Gasteiger charge is 2.40. The third kappa shape index (κ3) is 2.74. The fourth-order valence-corrected chi connectivity index (χ4v) is 2.01. The van der Waals surface area contributed by atoms with Crippen LogP contribution in [0.1, 0.15) is 34.6 Å². The fourth-order valence-electron chi connectivity index (χ4n) is 2.01. The Morgan fingerprint density at radius 3 is 2.50 bits per heavy atom. The third-order valence-electron chi connectivity index (χ3n) is 3.15. The van der Waals surface area contributed by atoms with E-state index in [0.717, 1.165) is 0 Å². The molecule has 0 aromatic heterocycles. The van der Waals surface area contributed by atoms with Crippen LogP contribution >= 0.6 is 0 Å². The van der Waals surface area contributed by atoms with Crippen LogP contribution in [0.25, 0.3) is 0 Å². The number of ether oxygens (including phenoxy) is 1. The molecule has 1 fully saturated rings. The summed E-state index contributed by atoms with van der Waals surface area (Å²) in [5, 5.41) is 3.32. The van der Waals surface area contributed by atoms with Gasteiger partial charge < -0.3 is 9.64 Å². The molecule has 16 heavy (non-hydrogen) atoms. The molecule has 0 aromatic carbocycles. The summed E-state index contributed by atoms with van der Waals surface area (Å²) in [6.45, 7) is 10.8. The SMILES string of the molecule is COC(C)(C)CN1C(=O)C(C)NC1C(C)C. The van der Waals surface area contributed by atoms with Crippen molar-refractivity contribution < 1.29 is 9.53 Å². The lowest BCUT2D eigenvalue weighted by molar-refractivity contribution is -0.134. The van der Waals surface area contributed by atoms with Gasteiger partial charge in [-0.25, -0.2) is 0 Å². The molecule has 0 saturated carbocycles. The van der Waals surface area contributed by atoms with E-state index < -0.39 is 0 Å². The van der Waals surface area contributed by atoms with Crippen LogP contribution < -0.4 is 5.32 Å². The maximum Gasteiger partial charge on any atom is 0.240 e. The number of carbonyl (C=O) groups excluding carboxylic acids is 1. The Labute approximate surface area is 98.3 Å². The van der Waals surface area contributed by atoms with Gasteiger partial charge in [-0.1, -0.05) is 13.8 Å². The van der Waals surface area contributed by atoms with Crippen LogP contribution in [0.4, 0.5) is 0 Å². The minimum Gasteiger partial charge on any atom is -0.377 e. The Bertz CT molecular complexity index is 264. The van der Waals surface area contributed by atoms with Gasteiger partial charge >= 0.3 is 0 Å². The molecule has 1 aliphatic heterocycles. The Morgan fingerprint density at radius 1 is 1.50 bits per heavy atom. The zero-order valence-corrected chi connectivity index (χ0v) is 11.2. The van der Waals surface area contributed by atoms with Crippen molar-refractivity contribution in [2.24, 2.45) is 5.92 Å². The van der Waals surface area contributed by atoms with Gasteiger partial charge in [0.15, 0.2) is 0 Å². The number of methoxy groups -OCH3 is 1. The molecule has 0 radical (unpaired) electrons. The zero-order chi connectivity index (χ0) is 12.5. The van der Waals surface area contributed by atoms with E-state index in [-0.39, 0.29) is 23.7 Å². The molecule has 0 aromatic rings. The summed E-state index contributed by atoms with van der Waals surface area (Å²) in [5.74, 6) is 0.574. The maximum atomic E-state index is 12.0. The number of carbonyl (C=O) groups is 1. The molecule has 0 bridgehead atoms. The van der Waals surface area contributed by atoms with E-state index in [1.165, 1.54) is 0 Å². The van der Waals surface area contributed by atoms with Crippen molar-refractivity contribution in [2.75, 3.05) is 13.7 Å². The van der Waals surface area contributed by atoms with Crippen LogP contribution in [0.15, 0.2) is 0 Å². The molecule has 2 unspecified atom stereocenters. The van der Waals surface area contributed by atoms with Crippen molar-refractivity contribution in [2.45, 2.75) is 52.4 Å². The van der Waals surface area contributed by atoms with Crippen LogP contribution in [0.2, 0.25) is 0 Å². The second-order valence-electron chi connectivity index (χ2n) is 5.51. The van der Waals surface area contributed by atoms with Gasteiger partial charge in [-0.3, -0.25) is 10.1 Å². The van der Waals surface area contributed by atoms with Crippen LogP contribution in [-0.4, -0.2) is 42.3 Å². The lowest BCUT2D eigenvalue weighted by atomic mass is 10.1. The molecule has 0 aliphatic carbocycles. The predicted molar refractivity (Wildman–Crippen MR) is 64.0 cm³/mol. The quantitative estimate of drug-likeness (QED) is 0.786. The topological polar surface area (TPSA) is 41.6 Å². The highest BCUT2D eigenvalue weighted by atomic mass is 16.5. The Kier molecular flexibility index (Phi) is 3.97. The Balaban J connectivity index is 2.79. The normalized spacial score (nSPS) is 26.9. The van der Waals surface area contributed by atoms with Crippen LogP contribution in [0.3, 0.4) is 0 Å². The molecule has 1 amide bonds. The van der Waals surface area contributed by atoms with Crippen molar-refractivity contribution in [1.82, 2.24) is 10.2 Å². The van der Waals surface area contributed by atoms with Gasteiger partial charge in [-0.05, 0) is 26.7 Å². The minimum atomic E-state index is -0.297. The number of hydrogen-bond acceptors (Lipinski definition) is 3. The molecule has 2 atom stereocenters. The number of nitrogens with zero attached hydrogens (tertiary/aromatic N) is 1. The first-order valence-corrected chi connectivity index (χ1v) is 5.90. The standard InChI is InChI=1S/C12H24N2O2/c1-8(2)10-13-9(3)11(15)14(10)7-12(4,5)16-6/h8-10,13H,7H2,1-6H3. The predicted octanol–water partition coefficient (Wildman–Crippen LogP) is 1.21. The average molecular weight is 228 g/mol. The number of amides is 1. The molecule has 1 N–H and O–H groups in total. The monoisotopic (exact) mass is 228 g/mol. The lowest BCUT2D eigenvalue weighted by Gasteiger charge is -2.34. The van der Waals surface area contributed by atoms with E-state index in [1.54, 1.807) is 7.11 Å². The van der Waals surface area contributed by atoms with Crippen molar-refractivity contribution in [3.05, 3.63) is 0 Å². The van der Waals surface area contributed by atoms with Crippen LogP contribution in [0, 0.1) is 5.92 Å². The summed E-state index contributed by atoms with van der Waals surface area (Å²) < 4.78 is 5.39. The fraction of sp³-hybridized carbons (Fsp3) is 0.917. The van der Waals surface area contributed by atoms with Gasteiger partial charge in [0.1, 0.15) is 0 Å². The molecule has 4 heteroatoms. The van der Waals surface area contributed by atoms with E-state index >= 15 is 0 Å². The van der Waals surface area contributed by atoms with Gasteiger partial charge in [0.05, 0.1) is 24.4 Å². The number of rotatable bonds is 4. The summed E-state index contributed by atoms with van der Waals surface area (Å²) >= 11 is 0. The maximum absolute atomic E-state index is 12.0. The second-order valence-corrected chi connectivity index (χ2v) is 5.51. The van der Waals surface area contributed by atoms with E-state index in [9.17, 15) is 4.79 Å². The van der Waals surface area contributed by atoms with Crippen LogP contribution in [-0.2, 0) is 9.53 Å². The average Bonchev–Trinajstić information content (AvgIpc) is 2.46. The second kappa shape index (κ2) is 4.72. The summed E-state index contributed by atoms with van der Waals surface area (Å²) in [6, 6.07) is -0.0833. The molecule has 1 aliphatic rings. The van der Waals surface area contributed by atoms with E-state index in [4.69, 9.17) is 4.74 Å². The summed E-state index contributed by atoms with van der Waals surface area (Å²) in [7, 11) is 1.68. The molecule has 94 valence electrons. The molecule has 1 rings (SSSR count). The number of hydrogen-bond donors (Lipinski definition) is 1. The largest absolute Gasteiger partial charge is 0.377 e. The van der Waals surface area contributed by atoms with E-state index in [1.807, 2.05) is 25.7 Å². The Morgan fingerprint density at radius 2 is 2.06 bits per heavy atom. The van der Waals surface area contributed by atoms with E-state index in [2.05, 4.69) is 19.2 Å².